The van der Waals surface area contributed by atoms with Crippen LogP contribution in [0, 0.1) is 0 Å². The van der Waals surface area contributed by atoms with E-state index in [-0.39, 0.29) is 5.91 Å². The summed E-state index contributed by atoms with van der Waals surface area (Å²) in [6.07, 6.45) is 4.29. The molecule has 0 aliphatic rings. The van der Waals surface area contributed by atoms with Crippen molar-refractivity contribution in [2.24, 2.45) is 0 Å². The number of ether oxygens (including phenoxy) is 1. The molecular formula is C21H25NO2. The number of carbonyl (C=O) groups excluding carboxylic acids is 1. The molecule has 0 saturated carbocycles. The summed E-state index contributed by atoms with van der Waals surface area (Å²) in [6.45, 7) is 6.96. The maximum Gasteiger partial charge on any atom is 0.248 e. The standard InChI is InChI=1S/C21H25NO2/c1-4-15-24-20-12-8-5-9-17(20)13-14-21(23)22-19-11-7-6-10-18(19)16(2)3/h5-14,16H,4,15H2,1-3H3,(H,22,23)/b14-13+. The Bertz CT molecular complexity index is 704. The SMILES string of the molecule is CCCOc1ccccc1/C=C/C(=O)Nc1ccccc1C(C)C. The quantitative estimate of drug-likeness (QED) is 0.707. The molecule has 0 aromatic heterocycles. The van der Waals surface area contributed by atoms with Gasteiger partial charge in [-0.1, -0.05) is 57.2 Å². The summed E-state index contributed by atoms with van der Waals surface area (Å²) >= 11 is 0. The smallest absolute Gasteiger partial charge is 0.248 e. The average molecular weight is 323 g/mol. The highest BCUT2D eigenvalue weighted by atomic mass is 16.5. The van der Waals surface area contributed by atoms with Crippen LogP contribution >= 0.6 is 0 Å². The van der Waals surface area contributed by atoms with Crippen LogP contribution in [0.3, 0.4) is 0 Å². The molecule has 0 radical (unpaired) electrons. The summed E-state index contributed by atoms with van der Waals surface area (Å²) in [5.74, 6) is 1.01. The summed E-state index contributed by atoms with van der Waals surface area (Å²) < 4.78 is 5.70. The molecule has 0 aliphatic carbocycles. The molecule has 2 aromatic carbocycles. The maximum absolute atomic E-state index is 12.2. The van der Waals surface area contributed by atoms with E-state index in [1.54, 1.807) is 12.2 Å². The summed E-state index contributed by atoms with van der Waals surface area (Å²) in [4.78, 5) is 12.2. The summed E-state index contributed by atoms with van der Waals surface area (Å²) in [7, 11) is 0. The monoisotopic (exact) mass is 323 g/mol. The number of carbonyl (C=O) groups is 1. The minimum atomic E-state index is -0.145. The summed E-state index contributed by atoms with van der Waals surface area (Å²) in [5, 5.41) is 2.96. The zero-order valence-corrected chi connectivity index (χ0v) is 14.6. The van der Waals surface area contributed by atoms with Crippen molar-refractivity contribution in [3.8, 4) is 5.75 Å². The van der Waals surface area contributed by atoms with E-state index in [1.165, 1.54) is 0 Å². The average Bonchev–Trinajstić information content (AvgIpc) is 2.59. The van der Waals surface area contributed by atoms with Gasteiger partial charge in [0, 0.05) is 17.3 Å². The zero-order chi connectivity index (χ0) is 17.4. The Balaban J connectivity index is 2.09. The van der Waals surface area contributed by atoms with Crippen LogP contribution in [0.25, 0.3) is 6.08 Å². The van der Waals surface area contributed by atoms with Gasteiger partial charge in [0.15, 0.2) is 0 Å². The van der Waals surface area contributed by atoms with E-state index in [9.17, 15) is 4.79 Å². The molecule has 2 aromatic rings. The van der Waals surface area contributed by atoms with Crippen LogP contribution in [-0.4, -0.2) is 12.5 Å². The first-order chi connectivity index (χ1) is 11.6. The highest BCUT2D eigenvalue weighted by Gasteiger charge is 2.07. The number of rotatable bonds is 7. The lowest BCUT2D eigenvalue weighted by Crippen LogP contribution is -2.10. The Kier molecular flexibility index (Phi) is 6.62. The van der Waals surface area contributed by atoms with Gasteiger partial charge in [-0.05, 0) is 36.1 Å². The van der Waals surface area contributed by atoms with Gasteiger partial charge in [0.05, 0.1) is 6.61 Å². The van der Waals surface area contributed by atoms with Crippen LogP contribution in [0.4, 0.5) is 5.69 Å². The molecule has 0 unspecified atom stereocenters. The molecule has 0 spiro atoms. The first-order valence-corrected chi connectivity index (χ1v) is 8.41. The number of benzene rings is 2. The van der Waals surface area contributed by atoms with Crippen molar-refractivity contribution in [1.29, 1.82) is 0 Å². The molecule has 0 fully saturated rings. The third kappa shape index (κ3) is 4.98. The molecular weight excluding hydrogens is 298 g/mol. The lowest BCUT2D eigenvalue weighted by Gasteiger charge is -2.12. The lowest BCUT2D eigenvalue weighted by atomic mass is 10.0. The molecule has 24 heavy (non-hydrogen) atoms. The van der Waals surface area contributed by atoms with Gasteiger partial charge in [0.25, 0.3) is 0 Å². The van der Waals surface area contributed by atoms with Crippen LogP contribution in [-0.2, 0) is 4.79 Å². The molecule has 126 valence electrons. The molecule has 0 saturated heterocycles. The number of anilines is 1. The Hall–Kier alpha value is -2.55. The second-order valence-corrected chi connectivity index (χ2v) is 5.95. The summed E-state index contributed by atoms with van der Waals surface area (Å²) in [6, 6.07) is 15.6. The van der Waals surface area contributed by atoms with Crippen LogP contribution in [0.5, 0.6) is 5.75 Å². The van der Waals surface area contributed by atoms with E-state index in [1.807, 2.05) is 48.5 Å². The Morgan fingerprint density at radius 3 is 2.58 bits per heavy atom. The second kappa shape index (κ2) is 8.92. The Morgan fingerprint density at radius 1 is 1.12 bits per heavy atom. The molecule has 0 bridgehead atoms. The fourth-order valence-corrected chi connectivity index (χ4v) is 2.42. The largest absolute Gasteiger partial charge is 0.493 e. The number of hydrogen-bond donors (Lipinski definition) is 1. The molecule has 3 nitrogen and oxygen atoms in total. The van der Waals surface area contributed by atoms with Crippen molar-refractivity contribution in [1.82, 2.24) is 0 Å². The normalized spacial score (nSPS) is 11.0. The first kappa shape index (κ1) is 17.8. The highest BCUT2D eigenvalue weighted by molar-refractivity contribution is 6.02. The highest BCUT2D eigenvalue weighted by Crippen LogP contribution is 2.24. The molecule has 3 heteroatoms. The van der Waals surface area contributed by atoms with Crippen molar-refractivity contribution in [3.05, 3.63) is 65.7 Å². The first-order valence-electron chi connectivity index (χ1n) is 8.41. The van der Waals surface area contributed by atoms with Gasteiger partial charge in [0.1, 0.15) is 5.75 Å². The predicted molar refractivity (Wildman–Crippen MR) is 100 cm³/mol. The minimum absolute atomic E-state index is 0.145. The van der Waals surface area contributed by atoms with Crippen LogP contribution in [0.2, 0.25) is 0 Å². The van der Waals surface area contributed by atoms with E-state index in [2.05, 4.69) is 26.1 Å². The lowest BCUT2D eigenvalue weighted by molar-refractivity contribution is -0.111. The molecule has 0 atom stereocenters. The van der Waals surface area contributed by atoms with E-state index in [0.29, 0.717) is 12.5 Å². The Morgan fingerprint density at radius 2 is 1.83 bits per heavy atom. The van der Waals surface area contributed by atoms with Gasteiger partial charge in [0.2, 0.25) is 5.91 Å². The predicted octanol–water partition coefficient (Wildman–Crippen LogP) is 5.25. The third-order valence-electron chi connectivity index (χ3n) is 3.64. The van der Waals surface area contributed by atoms with Crippen LogP contribution in [0.15, 0.2) is 54.6 Å². The maximum atomic E-state index is 12.2. The number of para-hydroxylation sites is 2. The van der Waals surface area contributed by atoms with Crippen LogP contribution in [0.1, 0.15) is 44.2 Å². The number of hydrogen-bond acceptors (Lipinski definition) is 2. The van der Waals surface area contributed by atoms with E-state index in [0.717, 1.165) is 29.0 Å². The topological polar surface area (TPSA) is 38.3 Å². The van der Waals surface area contributed by atoms with E-state index >= 15 is 0 Å². The fraction of sp³-hybridized carbons (Fsp3) is 0.286. The van der Waals surface area contributed by atoms with Crippen molar-refractivity contribution in [3.63, 3.8) is 0 Å². The molecule has 2 rings (SSSR count). The Labute approximate surface area is 144 Å². The molecule has 0 heterocycles. The zero-order valence-electron chi connectivity index (χ0n) is 14.6. The van der Waals surface area contributed by atoms with Crippen molar-refractivity contribution in [2.45, 2.75) is 33.1 Å². The number of nitrogens with one attached hydrogen (secondary N) is 1. The fourth-order valence-electron chi connectivity index (χ4n) is 2.42. The van der Waals surface area contributed by atoms with Gasteiger partial charge in [-0.25, -0.2) is 0 Å². The number of amides is 1. The van der Waals surface area contributed by atoms with Gasteiger partial charge >= 0.3 is 0 Å². The molecule has 1 N–H and O–H groups in total. The molecule has 1 amide bonds. The van der Waals surface area contributed by atoms with E-state index < -0.39 is 0 Å². The van der Waals surface area contributed by atoms with Gasteiger partial charge in [-0.2, -0.15) is 0 Å². The third-order valence-corrected chi connectivity index (χ3v) is 3.64. The van der Waals surface area contributed by atoms with Crippen molar-refractivity contribution >= 4 is 17.7 Å². The van der Waals surface area contributed by atoms with E-state index in [4.69, 9.17) is 4.74 Å². The van der Waals surface area contributed by atoms with Crippen molar-refractivity contribution in [2.75, 3.05) is 11.9 Å². The van der Waals surface area contributed by atoms with Crippen LogP contribution < -0.4 is 10.1 Å². The molecule has 0 aliphatic heterocycles. The van der Waals surface area contributed by atoms with Gasteiger partial charge < -0.3 is 10.1 Å². The van der Waals surface area contributed by atoms with Gasteiger partial charge in [-0.3, -0.25) is 4.79 Å². The van der Waals surface area contributed by atoms with Gasteiger partial charge in [-0.15, -0.1) is 0 Å². The summed E-state index contributed by atoms with van der Waals surface area (Å²) in [5.41, 5.74) is 2.89. The van der Waals surface area contributed by atoms with Crippen molar-refractivity contribution < 1.29 is 9.53 Å². The second-order valence-electron chi connectivity index (χ2n) is 5.95. The minimum Gasteiger partial charge on any atom is -0.493 e.